The SMILES string of the molecule is C=C1NC(=O)N(c2ccc(C(C)(C)C#N)cc2)c2c1cnc1ccc(-c3cnc4[nH]ccc4c3)nc21. The molecule has 0 unspecified atom stereocenters. The summed E-state index contributed by atoms with van der Waals surface area (Å²) in [5, 5.41) is 13.3. The molecule has 0 saturated heterocycles. The largest absolute Gasteiger partial charge is 0.346 e. The number of anilines is 2. The van der Waals surface area contributed by atoms with Crippen molar-refractivity contribution in [2.24, 2.45) is 0 Å². The van der Waals surface area contributed by atoms with Gasteiger partial charge < -0.3 is 10.3 Å². The molecule has 174 valence electrons. The number of carbonyl (C=O) groups is 1. The van der Waals surface area contributed by atoms with Crippen LogP contribution in [-0.2, 0) is 5.41 Å². The number of nitrogens with one attached hydrogen (secondary N) is 2. The highest BCUT2D eigenvalue weighted by molar-refractivity contribution is 6.14. The molecule has 36 heavy (non-hydrogen) atoms. The number of fused-ring (bicyclic) bond motifs is 4. The van der Waals surface area contributed by atoms with Gasteiger partial charge in [-0.25, -0.2) is 14.8 Å². The number of aromatic amines is 1. The summed E-state index contributed by atoms with van der Waals surface area (Å²) in [7, 11) is 0. The molecule has 0 radical (unpaired) electrons. The Labute approximate surface area is 206 Å². The zero-order chi connectivity index (χ0) is 25.0. The highest BCUT2D eigenvalue weighted by Gasteiger charge is 2.31. The molecule has 2 N–H and O–H groups in total. The fourth-order valence-electron chi connectivity index (χ4n) is 4.43. The van der Waals surface area contributed by atoms with Gasteiger partial charge in [-0.1, -0.05) is 18.7 Å². The molecular formula is C28H21N7O. The summed E-state index contributed by atoms with van der Waals surface area (Å²) in [5.74, 6) is 0. The molecule has 6 rings (SSSR count). The third-order valence-electron chi connectivity index (χ3n) is 6.52. The Morgan fingerprint density at radius 2 is 1.86 bits per heavy atom. The fraction of sp³-hybridized carbons (Fsp3) is 0.107. The first-order chi connectivity index (χ1) is 17.4. The molecule has 5 aromatic rings. The van der Waals surface area contributed by atoms with Crippen molar-refractivity contribution in [2.45, 2.75) is 19.3 Å². The van der Waals surface area contributed by atoms with E-state index in [2.05, 4.69) is 32.9 Å². The molecule has 0 fully saturated rings. The summed E-state index contributed by atoms with van der Waals surface area (Å²) in [6, 6.07) is 17.2. The molecule has 0 spiro atoms. The van der Waals surface area contributed by atoms with Crippen LogP contribution in [0.3, 0.4) is 0 Å². The molecule has 1 aliphatic heterocycles. The van der Waals surface area contributed by atoms with Gasteiger partial charge in [0.05, 0.1) is 34.1 Å². The molecule has 8 heteroatoms. The molecule has 0 atom stereocenters. The number of amides is 2. The first-order valence-corrected chi connectivity index (χ1v) is 11.4. The van der Waals surface area contributed by atoms with Crippen LogP contribution in [0.2, 0.25) is 0 Å². The van der Waals surface area contributed by atoms with E-state index in [1.54, 1.807) is 17.3 Å². The zero-order valence-electron chi connectivity index (χ0n) is 19.7. The third-order valence-corrected chi connectivity index (χ3v) is 6.52. The van der Waals surface area contributed by atoms with Crippen molar-refractivity contribution in [1.82, 2.24) is 25.3 Å². The van der Waals surface area contributed by atoms with E-state index in [1.165, 1.54) is 0 Å². The van der Waals surface area contributed by atoms with Gasteiger partial charge in [0.15, 0.2) is 0 Å². The molecule has 0 bridgehead atoms. The van der Waals surface area contributed by atoms with Crippen LogP contribution in [-0.4, -0.2) is 26.0 Å². The lowest BCUT2D eigenvalue weighted by Crippen LogP contribution is -2.40. The van der Waals surface area contributed by atoms with Crippen LogP contribution in [0.1, 0.15) is 25.0 Å². The number of nitrogens with zero attached hydrogens (tertiary/aromatic N) is 5. The van der Waals surface area contributed by atoms with E-state index in [0.29, 0.717) is 33.7 Å². The van der Waals surface area contributed by atoms with E-state index in [1.807, 2.05) is 68.6 Å². The summed E-state index contributed by atoms with van der Waals surface area (Å²) in [5.41, 5.74) is 6.25. The van der Waals surface area contributed by atoms with Crippen LogP contribution in [0.25, 0.3) is 39.0 Å². The highest BCUT2D eigenvalue weighted by Crippen LogP contribution is 2.40. The van der Waals surface area contributed by atoms with Crippen LogP contribution in [0, 0.1) is 11.3 Å². The molecule has 0 aliphatic carbocycles. The van der Waals surface area contributed by atoms with E-state index in [9.17, 15) is 10.1 Å². The minimum atomic E-state index is -0.642. The topological polar surface area (TPSA) is 111 Å². The molecule has 8 nitrogen and oxygen atoms in total. The Balaban J connectivity index is 1.54. The van der Waals surface area contributed by atoms with Gasteiger partial charge in [-0.3, -0.25) is 9.88 Å². The number of H-pyrrole nitrogens is 1. The molecule has 2 amide bonds. The number of pyridine rings is 3. The minimum absolute atomic E-state index is 0.338. The van der Waals surface area contributed by atoms with Crippen molar-refractivity contribution in [3.05, 3.63) is 84.8 Å². The van der Waals surface area contributed by atoms with Gasteiger partial charge in [-0.05, 0) is 55.8 Å². The van der Waals surface area contributed by atoms with Gasteiger partial charge in [0.1, 0.15) is 11.2 Å². The number of benzene rings is 1. The van der Waals surface area contributed by atoms with Crippen LogP contribution in [0.15, 0.2) is 73.7 Å². The second kappa shape index (κ2) is 7.75. The average molecular weight is 472 g/mol. The summed E-state index contributed by atoms with van der Waals surface area (Å²) >= 11 is 0. The molecule has 0 saturated carbocycles. The smallest absolute Gasteiger partial charge is 0.331 e. The minimum Gasteiger partial charge on any atom is -0.346 e. The standard InChI is InChI=1S/C28H21N7O/c1-16-21-14-31-23-9-8-22(18-12-17-10-11-30-26(17)32-13-18)34-24(23)25(21)35(27(36)33-16)20-6-4-19(5-7-20)28(2,3)15-29/h4-14H,1H2,2-3H3,(H,30,32)(H,33,36). The van der Waals surface area contributed by atoms with Crippen molar-refractivity contribution in [3.8, 4) is 17.3 Å². The van der Waals surface area contributed by atoms with Gasteiger partial charge in [0, 0.05) is 40.8 Å². The zero-order valence-corrected chi connectivity index (χ0v) is 19.7. The lowest BCUT2D eigenvalue weighted by molar-refractivity contribution is 0.251. The summed E-state index contributed by atoms with van der Waals surface area (Å²) in [4.78, 5) is 31.9. The van der Waals surface area contributed by atoms with Gasteiger partial charge >= 0.3 is 6.03 Å². The Morgan fingerprint density at radius 3 is 2.64 bits per heavy atom. The second-order valence-corrected chi connectivity index (χ2v) is 9.25. The maximum atomic E-state index is 13.3. The lowest BCUT2D eigenvalue weighted by atomic mass is 9.86. The Morgan fingerprint density at radius 1 is 1.06 bits per heavy atom. The number of carbonyl (C=O) groups excluding carboxylic acids is 1. The van der Waals surface area contributed by atoms with Crippen molar-refractivity contribution in [3.63, 3.8) is 0 Å². The lowest BCUT2D eigenvalue weighted by Gasteiger charge is -2.32. The summed E-state index contributed by atoms with van der Waals surface area (Å²) < 4.78 is 0. The van der Waals surface area contributed by atoms with Crippen LogP contribution >= 0.6 is 0 Å². The monoisotopic (exact) mass is 471 g/mol. The van der Waals surface area contributed by atoms with Crippen molar-refractivity contribution < 1.29 is 4.79 Å². The van der Waals surface area contributed by atoms with E-state index < -0.39 is 5.41 Å². The molecule has 1 aromatic carbocycles. The fourth-order valence-corrected chi connectivity index (χ4v) is 4.43. The quantitative estimate of drug-likeness (QED) is 0.345. The first kappa shape index (κ1) is 21.5. The predicted molar refractivity (Wildman–Crippen MR) is 139 cm³/mol. The maximum Gasteiger partial charge on any atom is 0.331 e. The summed E-state index contributed by atoms with van der Waals surface area (Å²) in [6.45, 7) is 7.75. The summed E-state index contributed by atoms with van der Waals surface area (Å²) in [6.07, 6.45) is 5.32. The Bertz CT molecular complexity index is 1740. The number of nitriles is 1. The maximum absolute atomic E-state index is 13.3. The van der Waals surface area contributed by atoms with Crippen LogP contribution in [0.4, 0.5) is 16.2 Å². The van der Waals surface area contributed by atoms with Crippen molar-refractivity contribution in [2.75, 3.05) is 4.90 Å². The van der Waals surface area contributed by atoms with E-state index >= 15 is 0 Å². The Kier molecular flexibility index (Phi) is 4.63. The molecule has 5 heterocycles. The molecule has 1 aliphatic rings. The van der Waals surface area contributed by atoms with Gasteiger partial charge in [0.2, 0.25) is 0 Å². The van der Waals surface area contributed by atoms with Crippen LogP contribution < -0.4 is 10.2 Å². The van der Waals surface area contributed by atoms with E-state index in [-0.39, 0.29) is 6.03 Å². The number of rotatable bonds is 3. The predicted octanol–water partition coefficient (Wildman–Crippen LogP) is 5.81. The van der Waals surface area contributed by atoms with E-state index in [0.717, 1.165) is 27.9 Å². The number of hydrogen-bond donors (Lipinski definition) is 2. The van der Waals surface area contributed by atoms with Gasteiger partial charge in [-0.2, -0.15) is 5.26 Å². The first-order valence-electron chi connectivity index (χ1n) is 11.4. The Hall–Kier alpha value is -5.03. The average Bonchev–Trinajstić information content (AvgIpc) is 3.36. The van der Waals surface area contributed by atoms with Gasteiger partial charge in [0.25, 0.3) is 0 Å². The molecular weight excluding hydrogens is 450 g/mol. The normalized spacial score (nSPS) is 13.5. The van der Waals surface area contributed by atoms with Crippen molar-refractivity contribution in [1.29, 1.82) is 5.26 Å². The second-order valence-electron chi connectivity index (χ2n) is 9.25. The van der Waals surface area contributed by atoms with Gasteiger partial charge in [-0.15, -0.1) is 0 Å². The third kappa shape index (κ3) is 3.29. The van der Waals surface area contributed by atoms with Crippen molar-refractivity contribution >= 4 is 45.2 Å². The number of hydrogen-bond acceptors (Lipinski definition) is 5. The molecule has 4 aromatic heterocycles. The highest BCUT2D eigenvalue weighted by atomic mass is 16.2. The number of aromatic nitrogens is 4. The van der Waals surface area contributed by atoms with E-state index in [4.69, 9.17) is 4.98 Å². The van der Waals surface area contributed by atoms with Crippen LogP contribution in [0.5, 0.6) is 0 Å². The number of urea groups is 1.